The minimum absolute atomic E-state index is 0.0314. The van der Waals surface area contributed by atoms with E-state index in [1.54, 1.807) is 4.90 Å². The van der Waals surface area contributed by atoms with Gasteiger partial charge in [0, 0.05) is 18.1 Å². The molecule has 6 heteroatoms. The van der Waals surface area contributed by atoms with E-state index in [-0.39, 0.29) is 11.4 Å². The van der Waals surface area contributed by atoms with Gasteiger partial charge in [0.15, 0.2) is 0 Å². The standard InChI is InChI=1S/C20H22FN5/c1-4-5-14-6-7-17-18(10-14)26(12-22)20(23)24-19(17)25(3)16-9-13(2)8-15(21)11-16/h6-12,22-23H,4-5H2,1-3H3. The molecule has 0 atom stereocenters. The first kappa shape index (κ1) is 17.8. The Kier molecular flexibility index (Phi) is 4.84. The fourth-order valence-corrected chi connectivity index (χ4v) is 3.16. The van der Waals surface area contributed by atoms with Crippen LogP contribution in [-0.2, 0) is 6.42 Å². The van der Waals surface area contributed by atoms with Gasteiger partial charge in [0.1, 0.15) is 11.6 Å². The van der Waals surface area contributed by atoms with Gasteiger partial charge in [-0.25, -0.2) is 4.39 Å². The highest BCUT2D eigenvalue weighted by molar-refractivity contribution is 5.94. The van der Waals surface area contributed by atoms with Gasteiger partial charge in [0.05, 0.1) is 11.9 Å². The van der Waals surface area contributed by atoms with Crippen molar-refractivity contribution in [3.8, 4) is 0 Å². The van der Waals surface area contributed by atoms with Crippen LogP contribution in [0.25, 0.3) is 10.9 Å². The second-order valence-electron chi connectivity index (χ2n) is 6.41. The largest absolute Gasteiger partial charge is 0.329 e. The van der Waals surface area contributed by atoms with E-state index in [9.17, 15) is 4.39 Å². The van der Waals surface area contributed by atoms with E-state index in [0.717, 1.165) is 41.2 Å². The summed E-state index contributed by atoms with van der Waals surface area (Å²) >= 11 is 0. The highest BCUT2D eigenvalue weighted by Gasteiger charge is 2.14. The van der Waals surface area contributed by atoms with Crippen molar-refractivity contribution in [1.29, 1.82) is 10.8 Å². The molecule has 3 aromatic rings. The molecule has 0 radical (unpaired) electrons. The summed E-state index contributed by atoms with van der Waals surface area (Å²) in [7, 11) is 1.81. The Morgan fingerprint density at radius 2 is 2.00 bits per heavy atom. The van der Waals surface area contributed by atoms with E-state index in [2.05, 4.69) is 11.9 Å². The number of benzene rings is 2. The van der Waals surface area contributed by atoms with Gasteiger partial charge in [0.25, 0.3) is 0 Å². The lowest BCUT2D eigenvalue weighted by Gasteiger charge is -2.22. The summed E-state index contributed by atoms with van der Waals surface area (Å²) in [6.45, 7) is 3.95. The summed E-state index contributed by atoms with van der Waals surface area (Å²) in [4.78, 5) is 6.15. The van der Waals surface area contributed by atoms with Crippen LogP contribution in [0.2, 0.25) is 0 Å². The Bertz CT molecular complexity index is 1020. The number of nitrogens with one attached hydrogen (secondary N) is 2. The van der Waals surface area contributed by atoms with Gasteiger partial charge in [-0.1, -0.05) is 19.4 Å². The predicted molar refractivity (Wildman–Crippen MR) is 103 cm³/mol. The number of fused-ring (bicyclic) bond motifs is 1. The van der Waals surface area contributed by atoms with E-state index in [4.69, 9.17) is 10.8 Å². The minimum Gasteiger partial charge on any atom is -0.329 e. The molecular formula is C20H22FN5. The molecule has 0 aliphatic heterocycles. The molecule has 26 heavy (non-hydrogen) atoms. The number of hydrogen-bond acceptors (Lipinski definition) is 4. The Balaban J connectivity index is 2.25. The summed E-state index contributed by atoms with van der Waals surface area (Å²) < 4.78 is 15.3. The van der Waals surface area contributed by atoms with Crippen molar-refractivity contribution in [3.05, 3.63) is 59.0 Å². The first-order valence-electron chi connectivity index (χ1n) is 8.56. The van der Waals surface area contributed by atoms with Crippen LogP contribution in [0.4, 0.5) is 15.9 Å². The summed E-state index contributed by atoms with van der Waals surface area (Å²) in [5.41, 5.74) is 3.35. The molecule has 0 amide bonds. The van der Waals surface area contributed by atoms with Crippen molar-refractivity contribution in [2.45, 2.75) is 26.7 Å². The Labute approximate surface area is 151 Å². The fraction of sp³-hybridized carbons (Fsp3) is 0.250. The van der Waals surface area contributed by atoms with Crippen LogP contribution in [0.3, 0.4) is 0 Å². The first-order chi connectivity index (χ1) is 12.4. The van der Waals surface area contributed by atoms with Gasteiger partial charge in [-0.15, -0.1) is 0 Å². The molecular weight excluding hydrogens is 329 g/mol. The summed E-state index contributed by atoms with van der Waals surface area (Å²) in [5, 5.41) is 16.7. The van der Waals surface area contributed by atoms with E-state index < -0.39 is 0 Å². The second-order valence-corrected chi connectivity index (χ2v) is 6.41. The number of aryl methyl sites for hydroxylation is 2. The van der Waals surface area contributed by atoms with Crippen molar-refractivity contribution >= 4 is 28.7 Å². The molecule has 1 heterocycles. The molecule has 0 unspecified atom stereocenters. The normalized spacial score (nSPS) is 10.9. The number of halogens is 1. The zero-order valence-electron chi connectivity index (χ0n) is 15.2. The third-order valence-electron chi connectivity index (χ3n) is 4.40. The third-order valence-corrected chi connectivity index (χ3v) is 4.40. The molecule has 0 fully saturated rings. The second kappa shape index (κ2) is 7.07. The molecule has 134 valence electrons. The zero-order valence-corrected chi connectivity index (χ0v) is 15.2. The quantitative estimate of drug-likeness (QED) is 0.536. The third kappa shape index (κ3) is 3.22. The number of aromatic nitrogens is 2. The maximum Gasteiger partial charge on any atom is 0.229 e. The van der Waals surface area contributed by atoms with Crippen molar-refractivity contribution in [2.24, 2.45) is 0 Å². The zero-order chi connectivity index (χ0) is 18.8. The lowest BCUT2D eigenvalue weighted by atomic mass is 10.1. The van der Waals surface area contributed by atoms with Crippen LogP contribution in [-0.4, -0.2) is 22.9 Å². The maximum absolute atomic E-state index is 13.8. The fourth-order valence-electron chi connectivity index (χ4n) is 3.16. The Morgan fingerprint density at radius 1 is 1.23 bits per heavy atom. The smallest absolute Gasteiger partial charge is 0.229 e. The number of hydrogen-bond donors (Lipinski definition) is 2. The molecule has 5 nitrogen and oxygen atoms in total. The average Bonchev–Trinajstić information content (AvgIpc) is 2.60. The molecule has 0 aliphatic carbocycles. The summed E-state index contributed by atoms with van der Waals surface area (Å²) in [5.74, 6) is 0.258. The number of anilines is 2. The van der Waals surface area contributed by atoms with Crippen molar-refractivity contribution in [3.63, 3.8) is 0 Å². The lowest BCUT2D eigenvalue weighted by molar-refractivity contribution is 0.626. The SMILES string of the molecule is CCCc1ccc2c(N(C)c3cc(C)cc(F)c3)nc(=N)n(C=N)c2c1. The van der Waals surface area contributed by atoms with Gasteiger partial charge in [-0.2, -0.15) is 4.98 Å². The highest BCUT2D eigenvalue weighted by atomic mass is 19.1. The topological polar surface area (TPSA) is 68.8 Å². The Morgan fingerprint density at radius 3 is 2.65 bits per heavy atom. The van der Waals surface area contributed by atoms with Crippen molar-refractivity contribution < 1.29 is 4.39 Å². The average molecular weight is 351 g/mol. The van der Waals surface area contributed by atoms with Crippen LogP contribution in [0.1, 0.15) is 24.5 Å². The number of rotatable bonds is 5. The highest BCUT2D eigenvalue weighted by Crippen LogP contribution is 2.29. The van der Waals surface area contributed by atoms with Gasteiger partial charge >= 0.3 is 0 Å². The van der Waals surface area contributed by atoms with Crippen molar-refractivity contribution in [1.82, 2.24) is 9.55 Å². The lowest BCUT2D eigenvalue weighted by Crippen LogP contribution is -2.26. The molecule has 0 saturated heterocycles. The monoisotopic (exact) mass is 351 g/mol. The van der Waals surface area contributed by atoms with Crippen LogP contribution in [0, 0.1) is 23.6 Å². The summed E-state index contributed by atoms with van der Waals surface area (Å²) in [6.07, 6.45) is 3.05. The predicted octanol–water partition coefficient (Wildman–Crippen LogP) is 4.14. The summed E-state index contributed by atoms with van der Waals surface area (Å²) in [6, 6.07) is 10.8. The van der Waals surface area contributed by atoms with Gasteiger partial charge in [-0.3, -0.25) is 15.4 Å². The van der Waals surface area contributed by atoms with E-state index in [1.807, 2.05) is 38.2 Å². The molecule has 1 aromatic heterocycles. The van der Waals surface area contributed by atoms with Gasteiger partial charge < -0.3 is 4.90 Å². The molecule has 3 rings (SSSR count). The van der Waals surface area contributed by atoms with Gasteiger partial charge in [-0.05, 0) is 54.8 Å². The van der Waals surface area contributed by atoms with Crippen LogP contribution in [0.5, 0.6) is 0 Å². The van der Waals surface area contributed by atoms with E-state index >= 15 is 0 Å². The Hall–Kier alpha value is -3.02. The number of nitrogens with zero attached hydrogens (tertiary/aromatic N) is 3. The molecule has 0 aliphatic rings. The molecule has 0 saturated carbocycles. The molecule has 2 N–H and O–H groups in total. The first-order valence-corrected chi connectivity index (χ1v) is 8.56. The maximum atomic E-state index is 13.8. The van der Waals surface area contributed by atoms with E-state index in [0.29, 0.717) is 11.5 Å². The molecule has 2 aromatic carbocycles. The van der Waals surface area contributed by atoms with Crippen LogP contribution in [0.15, 0.2) is 36.4 Å². The van der Waals surface area contributed by atoms with Crippen LogP contribution >= 0.6 is 0 Å². The minimum atomic E-state index is -0.307. The van der Waals surface area contributed by atoms with E-state index in [1.165, 1.54) is 16.7 Å². The van der Waals surface area contributed by atoms with Crippen molar-refractivity contribution in [2.75, 3.05) is 11.9 Å². The van der Waals surface area contributed by atoms with Gasteiger partial charge in [0.2, 0.25) is 5.62 Å². The molecule has 0 bridgehead atoms. The molecule has 0 spiro atoms. The van der Waals surface area contributed by atoms with Crippen LogP contribution < -0.4 is 10.5 Å².